The molecule has 0 amide bonds. The minimum absolute atomic E-state index is 0.0731. The molecule has 2 fully saturated rings. The summed E-state index contributed by atoms with van der Waals surface area (Å²) in [6.45, 7) is 0. The lowest BCUT2D eigenvalue weighted by Gasteiger charge is -2.14. The lowest BCUT2D eigenvalue weighted by molar-refractivity contribution is -0.137. The Balaban J connectivity index is 1.46. The Bertz CT molecular complexity index is 1460. The molecular formula is C26H22F3N5O. The monoisotopic (exact) mass is 477 g/mol. The molecule has 0 unspecified atom stereocenters. The number of Topliss-reactive ketones (excluding diaryl/α,β-unsaturated/α-hetero) is 1. The van der Waals surface area contributed by atoms with Gasteiger partial charge in [0, 0.05) is 40.7 Å². The average molecular weight is 477 g/mol. The topological polar surface area (TPSA) is 79.8 Å². The van der Waals surface area contributed by atoms with Gasteiger partial charge in [-0.05, 0) is 55.9 Å². The largest absolute Gasteiger partial charge is 0.416 e. The van der Waals surface area contributed by atoms with Gasteiger partial charge in [0.15, 0.2) is 11.6 Å². The molecule has 2 aromatic carbocycles. The predicted molar refractivity (Wildman–Crippen MR) is 128 cm³/mol. The summed E-state index contributed by atoms with van der Waals surface area (Å²) in [5.41, 5.74) is 1.11. The van der Waals surface area contributed by atoms with E-state index in [4.69, 9.17) is 4.98 Å². The van der Waals surface area contributed by atoms with Gasteiger partial charge in [0.05, 0.1) is 11.1 Å². The van der Waals surface area contributed by atoms with E-state index in [1.54, 1.807) is 24.4 Å². The molecule has 0 bridgehead atoms. The van der Waals surface area contributed by atoms with Crippen LogP contribution in [0.2, 0.25) is 0 Å². The lowest BCUT2D eigenvalue weighted by atomic mass is 10.0. The third-order valence-electron chi connectivity index (χ3n) is 6.39. The average Bonchev–Trinajstić information content (AvgIpc) is 3.76. The molecule has 9 heteroatoms. The second-order valence-electron chi connectivity index (χ2n) is 9.34. The van der Waals surface area contributed by atoms with Crippen molar-refractivity contribution in [2.75, 3.05) is 10.6 Å². The van der Waals surface area contributed by atoms with E-state index < -0.39 is 11.7 Å². The highest BCUT2D eigenvalue weighted by Gasteiger charge is 2.30. The first-order valence-electron chi connectivity index (χ1n) is 11.7. The Labute approximate surface area is 199 Å². The summed E-state index contributed by atoms with van der Waals surface area (Å²) in [5.74, 6) is 1.29. The lowest BCUT2D eigenvalue weighted by Crippen LogP contribution is -2.07. The van der Waals surface area contributed by atoms with E-state index >= 15 is 0 Å². The number of anilines is 3. The number of pyridine rings is 1. The van der Waals surface area contributed by atoms with E-state index in [0.717, 1.165) is 43.2 Å². The van der Waals surface area contributed by atoms with Crippen molar-refractivity contribution in [3.8, 4) is 0 Å². The molecule has 2 N–H and O–H groups in total. The van der Waals surface area contributed by atoms with Crippen LogP contribution in [0.25, 0.3) is 21.8 Å². The van der Waals surface area contributed by atoms with Crippen LogP contribution in [-0.2, 0) is 6.18 Å². The number of alkyl halides is 3. The molecular weight excluding hydrogens is 455 g/mol. The van der Waals surface area contributed by atoms with E-state index in [9.17, 15) is 18.0 Å². The number of nitrogens with zero attached hydrogens (tertiary/aromatic N) is 3. The van der Waals surface area contributed by atoms with Crippen molar-refractivity contribution in [1.29, 1.82) is 0 Å². The molecule has 2 aliphatic rings. The number of carbonyl (C=O) groups is 1. The van der Waals surface area contributed by atoms with Crippen molar-refractivity contribution in [1.82, 2.24) is 15.0 Å². The Morgan fingerprint density at radius 3 is 2.57 bits per heavy atom. The second-order valence-corrected chi connectivity index (χ2v) is 9.34. The van der Waals surface area contributed by atoms with E-state index in [2.05, 4.69) is 20.6 Å². The fraction of sp³-hybridized carbons (Fsp3) is 0.308. The fourth-order valence-electron chi connectivity index (χ4n) is 4.14. The van der Waals surface area contributed by atoms with Crippen LogP contribution in [0.4, 0.5) is 30.6 Å². The maximum Gasteiger partial charge on any atom is 0.416 e. The van der Waals surface area contributed by atoms with Gasteiger partial charge >= 0.3 is 6.18 Å². The van der Waals surface area contributed by atoms with Crippen molar-refractivity contribution in [2.45, 2.75) is 44.3 Å². The van der Waals surface area contributed by atoms with Gasteiger partial charge in [-0.3, -0.25) is 4.79 Å². The molecule has 2 saturated carbocycles. The van der Waals surface area contributed by atoms with Crippen LogP contribution in [0, 0.1) is 5.92 Å². The normalized spacial score (nSPS) is 16.0. The zero-order valence-electron chi connectivity index (χ0n) is 18.7. The van der Waals surface area contributed by atoms with E-state index in [-0.39, 0.29) is 11.5 Å². The number of halogens is 3. The molecule has 2 aromatic heterocycles. The van der Waals surface area contributed by atoms with Crippen molar-refractivity contribution in [2.24, 2.45) is 5.92 Å². The Kier molecular flexibility index (Phi) is 5.09. The Morgan fingerprint density at radius 1 is 1.00 bits per heavy atom. The number of rotatable bonds is 7. The summed E-state index contributed by atoms with van der Waals surface area (Å²) in [5, 5.41) is 7.75. The van der Waals surface area contributed by atoms with Crippen LogP contribution in [0.1, 0.15) is 48.0 Å². The number of fused-ring (bicyclic) bond motifs is 3. The maximum atomic E-state index is 13.3. The van der Waals surface area contributed by atoms with Crippen molar-refractivity contribution >= 4 is 45.0 Å². The predicted octanol–water partition coefficient (Wildman–Crippen LogP) is 6.50. The van der Waals surface area contributed by atoms with Gasteiger partial charge < -0.3 is 10.6 Å². The minimum atomic E-state index is -4.46. The minimum Gasteiger partial charge on any atom is -0.351 e. The van der Waals surface area contributed by atoms with Gasteiger partial charge in [-0.1, -0.05) is 18.2 Å². The van der Waals surface area contributed by atoms with Crippen molar-refractivity contribution in [3.05, 3.63) is 59.8 Å². The van der Waals surface area contributed by atoms with Crippen LogP contribution in [0.15, 0.2) is 48.7 Å². The number of nitrogens with one attached hydrogen (secondary N) is 2. The number of hydrogen-bond acceptors (Lipinski definition) is 6. The zero-order valence-corrected chi connectivity index (χ0v) is 18.7. The summed E-state index contributed by atoms with van der Waals surface area (Å²) in [6, 6.07) is 10.7. The van der Waals surface area contributed by atoms with Gasteiger partial charge in [-0.2, -0.15) is 13.2 Å². The van der Waals surface area contributed by atoms with E-state index in [1.807, 2.05) is 6.07 Å². The molecule has 0 saturated heterocycles. The third-order valence-corrected chi connectivity index (χ3v) is 6.39. The maximum absolute atomic E-state index is 13.3. The fourth-order valence-corrected chi connectivity index (χ4v) is 4.14. The first-order chi connectivity index (χ1) is 16.8. The molecule has 6 nitrogen and oxygen atoms in total. The molecule has 0 spiro atoms. The van der Waals surface area contributed by atoms with Crippen molar-refractivity contribution < 1.29 is 18.0 Å². The third kappa shape index (κ3) is 4.62. The van der Waals surface area contributed by atoms with Gasteiger partial charge in [0.2, 0.25) is 5.95 Å². The Morgan fingerprint density at radius 2 is 1.83 bits per heavy atom. The quantitative estimate of drug-likeness (QED) is 0.234. The first-order valence-corrected chi connectivity index (χ1v) is 11.7. The summed E-state index contributed by atoms with van der Waals surface area (Å²) >= 11 is 0. The summed E-state index contributed by atoms with van der Waals surface area (Å²) in [6.07, 6.45) is 2.02. The number of carbonyl (C=O) groups excluding carboxylic acids is 1. The van der Waals surface area contributed by atoms with Gasteiger partial charge in [0.1, 0.15) is 5.52 Å². The van der Waals surface area contributed by atoms with Crippen LogP contribution in [-0.4, -0.2) is 26.8 Å². The second kappa shape index (κ2) is 8.18. The molecule has 35 heavy (non-hydrogen) atoms. The molecule has 0 aliphatic heterocycles. The number of hydrogen-bond donors (Lipinski definition) is 2. The van der Waals surface area contributed by atoms with Crippen molar-refractivity contribution in [3.63, 3.8) is 0 Å². The summed E-state index contributed by atoms with van der Waals surface area (Å²) in [4.78, 5) is 26.5. The molecule has 2 heterocycles. The van der Waals surface area contributed by atoms with E-state index in [0.29, 0.717) is 52.1 Å². The molecule has 0 radical (unpaired) electrons. The first kappa shape index (κ1) is 21.8. The van der Waals surface area contributed by atoms with Crippen LogP contribution in [0.3, 0.4) is 0 Å². The number of benzene rings is 2. The molecule has 6 rings (SSSR count). The van der Waals surface area contributed by atoms with Crippen LogP contribution in [0.5, 0.6) is 0 Å². The molecule has 178 valence electrons. The molecule has 4 aromatic rings. The smallest absolute Gasteiger partial charge is 0.351 e. The SMILES string of the molecule is O=C(CC1CC1)c1ccc2c(c1)nc(Nc1cccc(C(F)(F)F)c1)c1nc(NC3CC3)ncc12. The number of ketones is 1. The highest BCUT2D eigenvalue weighted by Crippen LogP contribution is 2.36. The van der Waals surface area contributed by atoms with Gasteiger partial charge in [-0.15, -0.1) is 0 Å². The van der Waals surface area contributed by atoms with Gasteiger partial charge in [-0.25, -0.2) is 15.0 Å². The van der Waals surface area contributed by atoms with E-state index in [1.165, 1.54) is 6.07 Å². The summed E-state index contributed by atoms with van der Waals surface area (Å²) < 4.78 is 39.8. The highest BCUT2D eigenvalue weighted by atomic mass is 19.4. The van der Waals surface area contributed by atoms with Crippen LogP contribution < -0.4 is 10.6 Å². The zero-order chi connectivity index (χ0) is 24.2. The molecule has 0 atom stereocenters. The standard InChI is InChI=1S/C26H22F3N5O/c27-26(28,29)16-2-1-3-18(12-16)31-24-23-20(13-30-25(34-23)32-17-7-8-17)19-9-6-15(11-21(19)33-24)22(35)10-14-4-5-14/h1-3,6,9,11-14,17H,4-5,7-8,10H2,(H,31,33)(H,30,32,34). The summed E-state index contributed by atoms with van der Waals surface area (Å²) in [7, 11) is 0. The number of aromatic nitrogens is 3. The van der Waals surface area contributed by atoms with Gasteiger partial charge in [0.25, 0.3) is 0 Å². The molecule has 2 aliphatic carbocycles. The highest BCUT2D eigenvalue weighted by molar-refractivity contribution is 6.10. The Hall–Kier alpha value is -3.75. The van der Waals surface area contributed by atoms with Crippen LogP contribution >= 0.6 is 0 Å².